The average molecular weight is 381 g/mol. The molecule has 1 saturated carbocycles. The van der Waals surface area contributed by atoms with E-state index in [2.05, 4.69) is 5.32 Å². The molecule has 146 valence electrons. The van der Waals surface area contributed by atoms with Crippen LogP contribution in [-0.4, -0.2) is 31.1 Å². The van der Waals surface area contributed by atoms with Crippen molar-refractivity contribution in [2.45, 2.75) is 37.8 Å². The maximum absolute atomic E-state index is 12.5. The van der Waals surface area contributed by atoms with Crippen LogP contribution >= 0.6 is 0 Å². The van der Waals surface area contributed by atoms with Crippen molar-refractivity contribution in [3.05, 3.63) is 59.7 Å². The molecule has 1 N–H and O–H groups in total. The van der Waals surface area contributed by atoms with Crippen molar-refractivity contribution in [2.75, 3.05) is 13.2 Å². The second kappa shape index (κ2) is 8.33. The Morgan fingerprint density at radius 3 is 2.54 bits per heavy atom. The summed E-state index contributed by atoms with van der Waals surface area (Å²) in [6.45, 7) is 1.07. The lowest BCUT2D eigenvalue weighted by Crippen LogP contribution is -2.33. The average Bonchev–Trinajstić information content (AvgIpc) is 3.55. The molecule has 1 amide bonds. The van der Waals surface area contributed by atoms with Gasteiger partial charge in [-0.25, -0.2) is 0 Å². The summed E-state index contributed by atoms with van der Waals surface area (Å²) in [6, 6.07) is 15.0. The van der Waals surface area contributed by atoms with Crippen LogP contribution in [0.25, 0.3) is 0 Å². The lowest BCUT2D eigenvalue weighted by molar-refractivity contribution is -0.156. The normalized spacial score (nSPS) is 16.1. The maximum atomic E-state index is 12.5. The SMILES string of the molecule is O=C(CCc1ccc2c(c1)OCCO2)OC(C(=O)NC1CC1)c1ccccc1. The number of carbonyl (C=O) groups is 2. The van der Waals surface area contributed by atoms with Gasteiger partial charge in [-0.05, 0) is 37.0 Å². The summed E-state index contributed by atoms with van der Waals surface area (Å²) in [6.07, 6.45) is 1.71. The molecule has 6 nitrogen and oxygen atoms in total. The zero-order valence-electron chi connectivity index (χ0n) is 15.6. The molecule has 2 aromatic rings. The van der Waals surface area contributed by atoms with Gasteiger partial charge in [-0.2, -0.15) is 0 Å². The van der Waals surface area contributed by atoms with E-state index in [9.17, 15) is 9.59 Å². The van der Waals surface area contributed by atoms with Crippen LogP contribution in [0.15, 0.2) is 48.5 Å². The number of carbonyl (C=O) groups excluding carboxylic acids is 2. The molecular weight excluding hydrogens is 358 g/mol. The Hall–Kier alpha value is -3.02. The highest BCUT2D eigenvalue weighted by Gasteiger charge is 2.30. The maximum Gasteiger partial charge on any atom is 0.307 e. The second-order valence-corrected chi connectivity index (χ2v) is 7.04. The molecule has 2 aliphatic rings. The minimum absolute atomic E-state index is 0.180. The van der Waals surface area contributed by atoms with E-state index >= 15 is 0 Å². The molecule has 0 bridgehead atoms. The van der Waals surface area contributed by atoms with Gasteiger partial charge in [0.05, 0.1) is 0 Å². The van der Waals surface area contributed by atoms with Gasteiger partial charge >= 0.3 is 5.97 Å². The first kappa shape index (κ1) is 18.3. The highest BCUT2D eigenvalue weighted by molar-refractivity contribution is 5.85. The van der Waals surface area contributed by atoms with Crippen LogP contribution in [0, 0.1) is 0 Å². The van der Waals surface area contributed by atoms with Crippen molar-refractivity contribution < 1.29 is 23.8 Å². The molecule has 0 aromatic heterocycles. The van der Waals surface area contributed by atoms with Gasteiger partial charge in [-0.1, -0.05) is 36.4 Å². The third-order valence-electron chi connectivity index (χ3n) is 4.74. The van der Waals surface area contributed by atoms with E-state index in [1.807, 2.05) is 36.4 Å². The Morgan fingerprint density at radius 2 is 1.79 bits per heavy atom. The molecule has 0 spiro atoms. The largest absolute Gasteiger partial charge is 0.486 e. The van der Waals surface area contributed by atoms with Crippen LogP contribution in [0.1, 0.15) is 36.5 Å². The number of fused-ring (bicyclic) bond motifs is 1. The number of ether oxygens (including phenoxy) is 3. The van der Waals surface area contributed by atoms with Crippen LogP contribution in [0.3, 0.4) is 0 Å². The minimum atomic E-state index is -0.922. The minimum Gasteiger partial charge on any atom is -0.486 e. The smallest absolute Gasteiger partial charge is 0.307 e. The van der Waals surface area contributed by atoms with E-state index in [1.54, 1.807) is 12.1 Å². The summed E-state index contributed by atoms with van der Waals surface area (Å²) in [4.78, 5) is 25.0. The Kier molecular flexibility index (Phi) is 5.46. The Bertz CT molecular complexity index is 847. The Balaban J connectivity index is 1.38. The highest BCUT2D eigenvalue weighted by atomic mass is 16.6. The van der Waals surface area contributed by atoms with E-state index in [-0.39, 0.29) is 18.4 Å². The van der Waals surface area contributed by atoms with Gasteiger partial charge in [0.2, 0.25) is 6.10 Å². The Labute approximate surface area is 163 Å². The summed E-state index contributed by atoms with van der Waals surface area (Å²) >= 11 is 0. The topological polar surface area (TPSA) is 73.9 Å². The van der Waals surface area contributed by atoms with Gasteiger partial charge in [0.15, 0.2) is 11.5 Å². The first-order valence-electron chi connectivity index (χ1n) is 9.62. The number of benzene rings is 2. The van der Waals surface area contributed by atoms with Gasteiger partial charge in [0.1, 0.15) is 13.2 Å². The zero-order valence-corrected chi connectivity index (χ0v) is 15.6. The molecule has 1 fully saturated rings. The lowest BCUT2D eigenvalue weighted by Gasteiger charge is -2.19. The van der Waals surface area contributed by atoms with Crippen molar-refractivity contribution in [1.82, 2.24) is 5.32 Å². The van der Waals surface area contributed by atoms with Crippen molar-refractivity contribution >= 4 is 11.9 Å². The molecule has 1 heterocycles. The molecular formula is C22H23NO5. The van der Waals surface area contributed by atoms with Gasteiger partial charge in [0.25, 0.3) is 5.91 Å². The number of amides is 1. The van der Waals surface area contributed by atoms with Gasteiger partial charge in [-0.15, -0.1) is 0 Å². The number of rotatable bonds is 7. The monoisotopic (exact) mass is 381 g/mol. The summed E-state index contributed by atoms with van der Waals surface area (Å²) < 4.78 is 16.6. The fourth-order valence-corrected chi connectivity index (χ4v) is 3.09. The molecule has 1 aliphatic heterocycles. The number of nitrogens with one attached hydrogen (secondary N) is 1. The molecule has 6 heteroatoms. The van der Waals surface area contributed by atoms with Gasteiger partial charge in [0, 0.05) is 18.0 Å². The first-order valence-corrected chi connectivity index (χ1v) is 9.62. The number of aryl methyl sites for hydroxylation is 1. The van der Waals surface area contributed by atoms with Crippen molar-refractivity contribution in [3.8, 4) is 11.5 Å². The van der Waals surface area contributed by atoms with Crippen LogP contribution in [0.5, 0.6) is 11.5 Å². The molecule has 0 saturated heterocycles. The summed E-state index contributed by atoms with van der Waals surface area (Å²) in [7, 11) is 0. The molecule has 1 aliphatic carbocycles. The molecule has 2 aromatic carbocycles. The first-order chi connectivity index (χ1) is 13.7. The molecule has 28 heavy (non-hydrogen) atoms. The van der Waals surface area contributed by atoms with E-state index in [4.69, 9.17) is 14.2 Å². The van der Waals surface area contributed by atoms with Crippen molar-refractivity contribution in [3.63, 3.8) is 0 Å². The van der Waals surface area contributed by atoms with Crippen LogP contribution < -0.4 is 14.8 Å². The zero-order chi connectivity index (χ0) is 19.3. The number of hydrogen-bond donors (Lipinski definition) is 1. The molecule has 0 radical (unpaired) electrons. The molecule has 1 atom stereocenters. The quantitative estimate of drug-likeness (QED) is 0.747. The third kappa shape index (κ3) is 4.63. The summed E-state index contributed by atoms with van der Waals surface area (Å²) in [5.74, 6) is 0.748. The highest BCUT2D eigenvalue weighted by Crippen LogP contribution is 2.31. The predicted molar refractivity (Wildman–Crippen MR) is 102 cm³/mol. The second-order valence-electron chi connectivity index (χ2n) is 7.04. The van der Waals surface area contributed by atoms with E-state index in [0.29, 0.717) is 30.9 Å². The van der Waals surface area contributed by atoms with Crippen LogP contribution in [-0.2, 0) is 20.7 Å². The molecule has 1 unspecified atom stereocenters. The van der Waals surface area contributed by atoms with E-state index in [0.717, 1.165) is 24.2 Å². The van der Waals surface area contributed by atoms with Crippen molar-refractivity contribution in [1.29, 1.82) is 0 Å². The summed E-state index contributed by atoms with van der Waals surface area (Å²) in [5.41, 5.74) is 1.63. The van der Waals surface area contributed by atoms with Crippen LogP contribution in [0.4, 0.5) is 0 Å². The van der Waals surface area contributed by atoms with Gasteiger partial charge < -0.3 is 19.5 Å². The fraction of sp³-hybridized carbons (Fsp3) is 0.364. The standard InChI is InChI=1S/C22H23NO5/c24-20(11-7-15-6-10-18-19(14-15)27-13-12-26-18)28-21(16-4-2-1-3-5-16)22(25)23-17-8-9-17/h1-6,10,14,17,21H,7-9,11-13H2,(H,23,25). The third-order valence-corrected chi connectivity index (χ3v) is 4.74. The van der Waals surface area contributed by atoms with Gasteiger partial charge in [-0.3, -0.25) is 9.59 Å². The summed E-state index contributed by atoms with van der Waals surface area (Å²) in [5, 5.41) is 2.92. The predicted octanol–water partition coefficient (Wildman–Crippen LogP) is 2.95. The van der Waals surface area contributed by atoms with E-state index < -0.39 is 12.1 Å². The number of esters is 1. The van der Waals surface area contributed by atoms with Crippen molar-refractivity contribution in [2.24, 2.45) is 0 Å². The lowest BCUT2D eigenvalue weighted by atomic mass is 10.1. The number of hydrogen-bond acceptors (Lipinski definition) is 5. The Morgan fingerprint density at radius 1 is 1.04 bits per heavy atom. The van der Waals surface area contributed by atoms with E-state index in [1.165, 1.54) is 0 Å². The van der Waals surface area contributed by atoms with Crippen LogP contribution in [0.2, 0.25) is 0 Å². The molecule has 4 rings (SSSR count). The fourth-order valence-electron chi connectivity index (χ4n) is 3.09.